The van der Waals surface area contributed by atoms with Crippen LogP contribution in [0.1, 0.15) is 5.56 Å². The van der Waals surface area contributed by atoms with Crippen LogP contribution in [0.3, 0.4) is 0 Å². The first-order chi connectivity index (χ1) is 9.12. The molecule has 0 aliphatic rings. The van der Waals surface area contributed by atoms with Gasteiger partial charge in [0.25, 0.3) is 0 Å². The van der Waals surface area contributed by atoms with Crippen LogP contribution in [0.25, 0.3) is 11.3 Å². The highest BCUT2D eigenvalue weighted by atomic mass is 79.9. The molecule has 0 atom stereocenters. The summed E-state index contributed by atoms with van der Waals surface area (Å²) in [6, 6.07) is 5.60. The van der Waals surface area contributed by atoms with Gasteiger partial charge in [-0.3, -0.25) is 4.68 Å². The molecule has 2 aromatic rings. The molecule has 0 amide bonds. The lowest BCUT2D eigenvalue weighted by molar-refractivity contribution is 0.355. The van der Waals surface area contributed by atoms with Crippen LogP contribution in [0.15, 0.2) is 22.8 Å². The molecule has 0 radical (unpaired) electrons. The molecule has 19 heavy (non-hydrogen) atoms. The van der Waals surface area contributed by atoms with E-state index in [0.29, 0.717) is 17.1 Å². The van der Waals surface area contributed by atoms with Crippen LogP contribution in [0.4, 0.5) is 0 Å². The fourth-order valence-electron chi connectivity index (χ4n) is 1.88. The third kappa shape index (κ3) is 2.29. The number of aryl methyl sites for hydroxylation is 1. The van der Waals surface area contributed by atoms with Crippen molar-refractivity contribution in [3.05, 3.63) is 28.4 Å². The van der Waals surface area contributed by atoms with E-state index in [4.69, 9.17) is 9.47 Å². The van der Waals surface area contributed by atoms with Crippen molar-refractivity contribution in [3.8, 4) is 28.8 Å². The standard InChI is InChI=1S/C13H12BrN3O2/c1-17-13(10(14)7-16-17)9-5-12(19-3)11(18-2)4-8(9)6-15/h4-5,7H,1-3H3. The number of halogens is 1. The topological polar surface area (TPSA) is 60.1 Å². The lowest BCUT2D eigenvalue weighted by atomic mass is 10.0. The maximum absolute atomic E-state index is 9.29. The Hall–Kier alpha value is -2.00. The number of hydrogen-bond acceptors (Lipinski definition) is 4. The highest BCUT2D eigenvalue weighted by molar-refractivity contribution is 9.10. The molecule has 5 nitrogen and oxygen atoms in total. The van der Waals surface area contributed by atoms with Crippen LogP contribution in [-0.4, -0.2) is 24.0 Å². The Bertz CT molecular complexity index is 639. The van der Waals surface area contributed by atoms with Gasteiger partial charge in [0, 0.05) is 18.7 Å². The van der Waals surface area contributed by atoms with Gasteiger partial charge >= 0.3 is 0 Å². The number of hydrogen-bond donors (Lipinski definition) is 0. The molecule has 0 unspecified atom stereocenters. The number of nitriles is 1. The van der Waals surface area contributed by atoms with Gasteiger partial charge in [0.2, 0.25) is 0 Å². The molecule has 0 spiro atoms. The molecule has 0 saturated carbocycles. The van der Waals surface area contributed by atoms with E-state index in [1.165, 1.54) is 0 Å². The Morgan fingerprint density at radius 2 is 1.89 bits per heavy atom. The maximum Gasteiger partial charge on any atom is 0.162 e. The predicted molar refractivity (Wildman–Crippen MR) is 74.2 cm³/mol. The van der Waals surface area contributed by atoms with Crippen molar-refractivity contribution >= 4 is 15.9 Å². The van der Waals surface area contributed by atoms with E-state index in [1.54, 1.807) is 37.2 Å². The smallest absolute Gasteiger partial charge is 0.162 e. The monoisotopic (exact) mass is 321 g/mol. The summed E-state index contributed by atoms with van der Waals surface area (Å²) in [4.78, 5) is 0. The van der Waals surface area contributed by atoms with Gasteiger partial charge in [-0.2, -0.15) is 10.4 Å². The highest BCUT2D eigenvalue weighted by Crippen LogP contribution is 2.37. The second-order valence-electron chi connectivity index (χ2n) is 3.83. The number of nitrogens with zero attached hydrogens (tertiary/aromatic N) is 3. The first-order valence-electron chi connectivity index (χ1n) is 5.46. The third-order valence-corrected chi connectivity index (χ3v) is 3.37. The van der Waals surface area contributed by atoms with E-state index in [0.717, 1.165) is 15.7 Å². The van der Waals surface area contributed by atoms with Crippen molar-refractivity contribution in [1.29, 1.82) is 5.26 Å². The summed E-state index contributed by atoms with van der Waals surface area (Å²) < 4.78 is 13.0. The van der Waals surface area contributed by atoms with E-state index in [2.05, 4.69) is 27.1 Å². The van der Waals surface area contributed by atoms with Crippen LogP contribution >= 0.6 is 15.9 Å². The molecule has 1 heterocycles. The zero-order chi connectivity index (χ0) is 14.0. The van der Waals surface area contributed by atoms with E-state index < -0.39 is 0 Å². The van der Waals surface area contributed by atoms with Crippen molar-refractivity contribution in [3.63, 3.8) is 0 Å². The second kappa shape index (κ2) is 5.33. The normalized spacial score (nSPS) is 10.1. The van der Waals surface area contributed by atoms with Gasteiger partial charge in [0.05, 0.1) is 42.2 Å². The number of methoxy groups -OCH3 is 2. The van der Waals surface area contributed by atoms with Gasteiger partial charge in [-0.05, 0) is 22.0 Å². The quantitative estimate of drug-likeness (QED) is 0.872. The molecule has 1 aromatic carbocycles. The molecule has 6 heteroatoms. The predicted octanol–water partition coefficient (Wildman–Crippen LogP) is 2.74. The van der Waals surface area contributed by atoms with Crippen molar-refractivity contribution in [2.45, 2.75) is 0 Å². The van der Waals surface area contributed by atoms with Gasteiger partial charge in [0.1, 0.15) is 0 Å². The van der Waals surface area contributed by atoms with Crippen LogP contribution < -0.4 is 9.47 Å². The summed E-state index contributed by atoms with van der Waals surface area (Å²) in [5, 5.41) is 13.4. The molecule has 0 bridgehead atoms. The van der Waals surface area contributed by atoms with Gasteiger partial charge in [0.15, 0.2) is 11.5 Å². The minimum absolute atomic E-state index is 0.502. The van der Waals surface area contributed by atoms with Crippen LogP contribution in [0.5, 0.6) is 11.5 Å². The Morgan fingerprint density at radius 1 is 1.26 bits per heavy atom. The molecule has 0 saturated heterocycles. The average Bonchev–Trinajstić information content (AvgIpc) is 2.76. The van der Waals surface area contributed by atoms with E-state index in [-0.39, 0.29) is 0 Å². The zero-order valence-corrected chi connectivity index (χ0v) is 12.4. The van der Waals surface area contributed by atoms with Gasteiger partial charge in [-0.1, -0.05) is 0 Å². The molecule has 0 N–H and O–H groups in total. The summed E-state index contributed by atoms with van der Waals surface area (Å²) in [7, 11) is 4.92. The van der Waals surface area contributed by atoms with Crippen LogP contribution in [0, 0.1) is 11.3 Å². The van der Waals surface area contributed by atoms with Crippen molar-refractivity contribution in [2.75, 3.05) is 14.2 Å². The van der Waals surface area contributed by atoms with Gasteiger partial charge < -0.3 is 9.47 Å². The van der Waals surface area contributed by atoms with E-state index in [9.17, 15) is 5.26 Å². The SMILES string of the molecule is COc1cc(C#N)c(-c2c(Br)cnn2C)cc1OC. The van der Waals surface area contributed by atoms with Crippen LogP contribution in [-0.2, 0) is 7.05 Å². The highest BCUT2D eigenvalue weighted by Gasteiger charge is 2.17. The average molecular weight is 322 g/mol. The molecule has 98 valence electrons. The summed E-state index contributed by atoms with van der Waals surface area (Å²) in [5.41, 5.74) is 2.06. The summed E-state index contributed by atoms with van der Waals surface area (Å²) in [6.45, 7) is 0. The summed E-state index contributed by atoms with van der Waals surface area (Å²) in [5.74, 6) is 1.10. The first-order valence-corrected chi connectivity index (χ1v) is 6.25. The largest absolute Gasteiger partial charge is 0.493 e. The van der Waals surface area contributed by atoms with Gasteiger partial charge in [-0.15, -0.1) is 0 Å². The second-order valence-corrected chi connectivity index (χ2v) is 4.68. The number of ether oxygens (including phenoxy) is 2. The maximum atomic E-state index is 9.29. The number of aromatic nitrogens is 2. The van der Waals surface area contributed by atoms with Crippen LogP contribution in [0.2, 0.25) is 0 Å². The van der Waals surface area contributed by atoms with Crippen molar-refractivity contribution < 1.29 is 9.47 Å². The number of rotatable bonds is 3. The Labute approximate surface area is 119 Å². The number of benzene rings is 1. The van der Waals surface area contributed by atoms with E-state index >= 15 is 0 Å². The fourth-order valence-corrected chi connectivity index (χ4v) is 2.44. The molecule has 0 aliphatic heterocycles. The van der Waals surface area contributed by atoms with E-state index in [1.807, 2.05) is 7.05 Å². The first kappa shape index (κ1) is 13.4. The Kier molecular flexibility index (Phi) is 3.76. The minimum atomic E-state index is 0.502. The summed E-state index contributed by atoms with van der Waals surface area (Å²) in [6.07, 6.45) is 1.69. The lowest BCUT2D eigenvalue weighted by Crippen LogP contribution is -1.98. The lowest BCUT2D eigenvalue weighted by Gasteiger charge is -2.12. The third-order valence-electron chi connectivity index (χ3n) is 2.79. The Balaban J connectivity index is 2.73. The van der Waals surface area contributed by atoms with Crippen molar-refractivity contribution in [2.24, 2.45) is 7.05 Å². The minimum Gasteiger partial charge on any atom is -0.493 e. The Morgan fingerprint density at radius 3 is 2.37 bits per heavy atom. The molecule has 0 aliphatic carbocycles. The molecular weight excluding hydrogens is 310 g/mol. The fraction of sp³-hybridized carbons (Fsp3) is 0.231. The molecule has 1 aromatic heterocycles. The van der Waals surface area contributed by atoms with Crippen molar-refractivity contribution in [1.82, 2.24) is 9.78 Å². The zero-order valence-electron chi connectivity index (χ0n) is 10.8. The molecule has 2 rings (SSSR count). The van der Waals surface area contributed by atoms with Gasteiger partial charge in [-0.25, -0.2) is 0 Å². The molecular formula is C13H12BrN3O2. The summed E-state index contributed by atoms with van der Waals surface area (Å²) >= 11 is 3.43. The molecule has 0 fully saturated rings.